The molecule has 2 aliphatic rings. The van der Waals surface area contributed by atoms with Crippen molar-refractivity contribution in [1.29, 1.82) is 0 Å². The van der Waals surface area contributed by atoms with Gasteiger partial charge in [0.2, 0.25) is 0 Å². The normalized spacial score (nSPS) is 19.1. The lowest BCUT2D eigenvalue weighted by molar-refractivity contribution is 0.499. The second kappa shape index (κ2) is 4.82. The summed E-state index contributed by atoms with van der Waals surface area (Å²) in [7, 11) is 0. The van der Waals surface area contributed by atoms with E-state index >= 15 is 0 Å². The average Bonchev–Trinajstić information content (AvgIpc) is 2.39. The third-order valence-electron chi connectivity index (χ3n) is 4.12. The van der Waals surface area contributed by atoms with Crippen LogP contribution in [-0.2, 0) is 12.8 Å². The van der Waals surface area contributed by atoms with Gasteiger partial charge in [0.05, 0.1) is 0 Å². The Morgan fingerprint density at radius 2 is 1.84 bits per heavy atom. The van der Waals surface area contributed by atoms with E-state index in [0.29, 0.717) is 6.04 Å². The fourth-order valence-corrected chi connectivity index (χ4v) is 3.67. The first-order valence-corrected chi connectivity index (χ1v) is 6.85. The van der Waals surface area contributed by atoms with Crippen LogP contribution < -0.4 is 5.32 Å². The summed E-state index contributed by atoms with van der Waals surface area (Å²) in [5, 5.41) is 4.51. The van der Waals surface area contributed by atoms with E-state index in [1.165, 1.54) is 27.8 Å². The van der Waals surface area contributed by atoms with Gasteiger partial charge in [0, 0.05) is 16.6 Å². The molecule has 1 nitrogen and oxygen atoms in total. The van der Waals surface area contributed by atoms with Gasteiger partial charge in [-0.15, -0.1) is 12.4 Å². The summed E-state index contributed by atoms with van der Waals surface area (Å²) in [5.41, 5.74) is 6.91. The third kappa shape index (κ3) is 1.88. The van der Waals surface area contributed by atoms with Crippen LogP contribution in [0.25, 0.3) is 11.1 Å². The van der Waals surface area contributed by atoms with Crippen molar-refractivity contribution >= 4 is 24.0 Å². The highest BCUT2D eigenvalue weighted by atomic mass is 35.5. The van der Waals surface area contributed by atoms with Gasteiger partial charge in [-0.05, 0) is 47.7 Å². The molecule has 1 atom stereocenters. The summed E-state index contributed by atoms with van der Waals surface area (Å²) < 4.78 is 0. The zero-order valence-corrected chi connectivity index (χ0v) is 12.0. The first kappa shape index (κ1) is 13.0. The molecule has 98 valence electrons. The summed E-state index contributed by atoms with van der Waals surface area (Å²) >= 11 is 6.41. The number of benzene rings is 2. The van der Waals surface area contributed by atoms with Crippen LogP contribution in [-0.4, -0.2) is 6.54 Å². The second-order valence-electron chi connectivity index (χ2n) is 5.11. The van der Waals surface area contributed by atoms with Crippen molar-refractivity contribution in [2.75, 3.05) is 6.54 Å². The molecule has 0 spiro atoms. The molecule has 2 aromatic carbocycles. The van der Waals surface area contributed by atoms with Gasteiger partial charge in [-0.1, -0.05) is 41.9 Å². The maximum Gasteiger partial charge on any atom is 0.0487 e. The molecule has 3 heteroatoms. The molecule has 0 fully saturated rings. The highest BCUT2D eigenvalue weighted by Crippen LogP contribution is 2.44. The molecule has 1 heterocycles. The van der Waals surface area contributed by atoms with E-state index < -0.39 is 0 Å². The minimum absolute atomic E-state index is 0. The van der Waals surface area contributed by atoms with E-state index in [9.17, 15) is 0 Å². The first-order chi connectivity index (χ1) is 8.84. The van der Waals surface area contributed by atoms with Crippen LogP contribution in [0.2, 0.25) is 5.02 Å². The van der Waals surface area contributed by atoms with Gasteiger partial charge in [0.25, 0.3) is 0 Å². The average molecular weight is 292 g/mol. The summed E-state index contributed by atoms with van der Waals surface area (Å²) in [6, 6.07) is 13.4. The SMILES string of the molecule is Cl.Clc1cccc2c1-c1cccc3c1C(C2)NCC3. The molecule has 0 saturated heterocycles. The Bertz CT molecular complexity index is 637. The maximum atomic E-state index is 6.41. The Balaban J connectivity index is 0.00000110. The molecule has 0 radical (unpaired) electrons. The standard InChI is InChI=1S/C16H14ClN.ClH/c17-13-6-2-4-11-9-14-16-10(7-8-18-14)3-1-5-12(16)15(11)13;/h1-6,14,18H,7-9H2;1H. The predicted molar refractivity (Wildman–Crippen MR) is 82.3 cm³/mol. The molecular formula is C16H15Cl2N. The second-order valence-corrected chi connectivity index (χ2v) is 5.52. The van der Waals surface area contributed by atoms with Gasteiger partial charge in [-0.25, -0.2) is 0 Å². The summed E-state index contributed by atoms with van der Waals surface area (Å²) in [6.07, 6.45) is 2.18. The Morgan fingerprint density at radius 1 is 1.05 bits per heavy atom. The molecule has 19 heavy (non-hydrogen) atoms. The minimum atomic E-state index is 0. The summed E-state index contributed by atoms with van der Waals surface area (Å²) in [5.74, 6) is 0. The molecule has 1 unspecified atom stereocenters. The highest BCUT2D eigenvalue weighted by molar-refractivity contribution is 6.33. The van der Waals surface area contributed by atoms with E-state index in [1.54, 1.807) is 0 Å². The van der Waals surface area contributed by atoms with Gasteiger partial charge in [0.15, 0.2) is 0 Å². The molecule has 0 bridgehead atoms. The van der Waals surface area contributed by atoms with Crippen molar-refractivity contribution in [1.82, 2.24) is 5.32 Å². The smallest absolute Gasteiger partial charge is 0.0487 e. The Labute approximate surface area is 124 Å². The van der Waals surface area contributed by atoms with Crippen molar-refractivity contribution in [3.05, 3.63) is 58.1 Å². The molecule has 0 amide bonds. The zero-order valence-electron chi connectivity index (χ0n) is 10.4. The lowest BCUT2D eigenvalue weighted by Gasteiger charge is -2.34. The molecule has 0 aromatic heterocycles. The van der Waals surface area contributed by atoms with E-state index in [2.05, 4.69) is 35.6 Å². The largest absolute Gasteiger partial charge is 0.309 e. The number of halogens is 2. The third-order valence-corrected chi connectivity index (χ3v) is 4.44. The molecular weight excluding hydrogens is 277 g/mol. The van der Waals surface area contributed by atoms with Crippen LogP contribution in [0.15, 0.2) is 36.4 Å². The summed E-state index contributed by atoms with van der Waals surface area (Å²) in [4.78, 5) is 0. The van der Waals surface area contributed by atoms with Gasteiger partial charge < -0.3 is 5.32 Å². The number of fused-ring (bicyclic) bond motifs is 2. The molecule has 1 N–H and O–H groups in total. The van der Waals surface area contributed by atoms with Crippen LogP contribution >= 0.6 is 24.0 Å². The van der Waals surface area contributed by atoms with Crippen molar-refractivity contribution in [3.8, 4) is 11.1 Å². The van der Waals surface area contributed by atoms with E-state index in [0.717, 1.165) is 24.4 Å². The fourth-order valence-electron chi connectivity index (χ4n) is 3.38. The lowest BCUT2D eigenvalue weighted by atomic mass is 9.78. The monoisotopic (exact) mass is 291 g/mol. The molecule has 0 saturated carbocycles. The molecule has 1 aliphatic carbocycles. The predicted octanol–water partition coefficient (Wildman–Crippen LogP) is 4.17. The van der Waals surface area contributed by atoms with Crippen molar-refractivity contribution in [3.63, 3.8) is 0 Å². The highest BCUT2D eigenvalue weighted by Gasteiger charge is 2.29. The lowest BCUT2D eigenvalue weighted by Crippen LogP contribution is -2.33. The van der Waals surface area contributed by atoms with E-state index in [4.69, 9.17) is 11.6 Å². The quantitative estimate of drug-likeness (QED) is 0.768. The van der Waals surface area contributed by atoms with Crippen LogP contribution in [0, 0.1) is 0 Å². The Hall–Kier alpha value is -1.02. The van der Waals surface area contributed by atoms with Crippen LogP contribution in [0.3, 0.4) is 0 Å². The zero-order chi connectivity index (χ0) is 12.1. The topological polar surface area (TPSA) is 12.0 Å². The maximum absolute atomic E-state index is 6.41. The van der Waals surface area contributed by atoms with Crippen molar-refractivity contribution < 1.29 is 0 Å². The van der Waals surface area contributed by atoms with Crippen LogP contribution in [0.5, 0.6) is 0 Å². The van der Waals surface area contributed by atoms with Crippen LogP contribution in [0.1, 0.15) is 22.7 Å². The summed E-state index contributed by atoms with van der Waals surface area (Å²) in [6.45, 7) is 1.08. The van der Waals surface area contributed by atoms with Crippen molar-refractivity contribution in [2.45, 2.75) is 18.9 Å². The Kier molecular flexibility index (Phi) is 3.30. The number of hydrogen-bond donors (Lipinski definition) is 1. The van der Waals surface area contributed by atoms with Crippen LogP contribution in [0.4, 0.5) is 0 Å². The van der Waals surface area contributed by atoms with E-state index in [-0.39, 0.29) is 12.4 Å². The van der Waals surface area contributed by atoms with Gasteiger partial charge in [-0.2, -0.15) is 0 Å². The van der Waals surface area contributed by atoms with E-state index in [1.807, 2.05) is 6.07 Å². The molecule has 1 aliphatic heterocycles. The molecule has 4 rings (SSSR count). The number of rotatable bonds is 0. The fraction of sp³-hybridized carbons (Fsp3) is 0.250. The van der Waals surface area contributed by atoms with Gasteiger partial charge >= 0.3 is 0 Å². The number of nitrogens with one attached hydrogen (secondary N) is 1. The van der Waals surface area contributed by atoms with Crippen molar-refractivity contribution in [2.24, 2.45) is 0 Å². The van der Waals surface area contributed by atoms with Gasteiger partial charge in [-0.3, -0.25) is 0 Å². The van der Waals surface area contributed by atoms with Gasteiger partial charge in [0.1, 0.15) is 0 Å². The Morgan fingerprint density at radius 3 is 2.74 bits per heavy atom. The first-order valence-electron chi connectivity index (χ1n) is 6.47. The molecule has 2 aromatic rings. The minimum Gasteiger partial charge on any atom is -0.309 e. The number of hydrogen-bond acceptors (Lipinski definition) is 1.